The summed E-state index contributed by atoms with van der Waals surface area (Å²) >= 11 is 0. The Morgan fingerprint density at radius 2 is 1.86 bits per heavy atom. The zero-order valence-electron chi connectivity index (χ0n) is 8.15. The van der Waals surface area contributed by atoms with Crippen molar-refractivity contribution in [3.05, 3.63) is 0 Å². The summed E-state index contributed by atoms with van der Waals surface area (Å²) in [5, 5.41) is 10.0. The van der Waals surface area contributed by atoms with Crippen molar-refractivity contribution in [1.29, 1.82) is 0 Å². The van der Waals surface area contributed by atoms with Crippen molar-refractivity contribution >= 4 is 11.8 Å². The van der Waals surface area contributed by atoms with Crippen LogP contribution in [0.2, 0.25) is 0 Å². The van der Waals surface area contributed by atoms with Gasteiger partial charge in [0.05, 0.1) is 13.2 Å². The zero-order chi connectivity index (χ0) is 9.68. The predicted octanol–water partition coefficient (Wildman–Crippen LogP) is -4.15. The first kappa shape index (κ1) is 13.7. The van der Waals surface area contributed by atoms with Gasteiger partial charge in [0.1, 0.15) is 5.97 Å². The van der Waals surface area contributed by atoms with Crippen molar-refractivity contribution in [2.45, 2.75) is 25.6 Å². The summed E-state index contributed by atoms with van der Waals surface area (Å²) in [7, 11) is 0. The minimum absolute atomic E-state index is 0. The van der Waals surface area contributed by atoms with E-state index < -0.39 is 11.8 Å². The van der Waals surface area contributed by atoms with Crippen LogP contribution in [0.1, 0.15) is 19.3 Å². The average molecular weight is 194 g/mol. The number of hydrogen-bond acceptors (Lipinski definition) is 5. The van der Waals surface area contributed by atoms with Crippen LogP contribution in [0.15, 0.2) is 0 Å². The van der Waals surface area contributed by atoms with Crippen LogP contribution in [0.5, 0.6) is 0 Å². The van der Waals surface area contributed by atoms with Gasteiger partial charge in [0, 0.05) is 6.42 Å². The van der Waals surface area contributed by atoms with E-state index in [-0.39, 0.29) is 31.6 Å². The molecule has 1 rings (SSSR count). The third kappa shape index (κ3) is 4.77. The third-order valence-electron chi connectivity index (χ3n) is 1.76. The van der Waals surface area contributed by atoms with E-state index in [1.165, 1.54) is 0 Å². The van der Waals surface area contributed by atoms with Crippen LogP contribution in [-0.4, -0.2) is 31.3 Å². The molecule has 0 saturated carbocycles. The van der Waals surface area contributed by atoms with E-state index in [0.717, 1.165) is 0 Å². The molecule has 1 aliphatic rings. The van der Waals surface area contributed by atoms with Crippen molar-refractivity contribution in [2.24, 2.45) is 0 Å². The molecular weight excluding hydrogens is 183 g/mol. The molecule has 0 bridgehead atoms. The molecule has 0 N–H and O–H groups in total. The van der Waals surface area contributed by atoms with Gasteiger partial charge in [-0.3, -0.25) is 4.79 Å². The molecule has 0 aromatic carbocycles. The van der Waals surface area contributed by atoms with Crippen LogP contribution >= 0.6 is 0 Å². The van der Waals surface area contributed by atoms with Crippen LogP contribution in [0.25, 0.3) is 0 Å². The second-order valence-electron chi connectivity index (χ2n) is 2.77. The summed E-state index contributed by atoms with van der Waals surface area (Å²) in [5.41, 5.74) is 0. The average Bonchev–Trinajstić information content (AvgIpc) is 2.56. The van der Waals surface area contributed by atoms with E-state index in [1.807, 2.05) is 0 Å². The molecule has 0 amide bonds. The van der Waals surface area contributed by atoms with Gasteiger partial charge in [0.2, 0.25) is 0 Å². The molecule has 0 spiro atoms. The van der Waals surface area contributed by atoms with Gasteiger partial charge in [-0.2, -0.15) is 0 Å². The normalized spacial score (nSPS) is 16.3. The van der Waals surface area contributed by atoms with Crippen molar-refractivity contribution in [1.82, 2.24) is 0 Å². The Labute approximate surface area is 93.9 Å². The smallest absolute Gasteiger partial charge is 0.542 e. The Balaban J connectivity index is 0.00000169. The maximum atomic E-state index is 10.6. The van der Waals surface area contributed by atoms with Gasteiger partial charge in [-0.05, 0) is 12.8 Å². The third-order valence-corrected chi connectivity index (χ3v) is 1.76. The summed E-state index contributed by atoms with van der Waals surface area (Å²) in [4.78, 5) is 20.6. The van der Waals surface area contributed by atoms with E-state index >= 15 is 0 Å². The number of aliphatic carboxylic acids is 1. The SMILES string of the molecule is O=C([O-])C(=O)CCCC1OCCO1.[Li+]. The van der Waals surface area contributed by atoms with Gasteiger partial charge in [-0.1, -0.05) is 0 Å². The Bertz CT molecular complexity index is 200. The second kappa shape index (κ2) is 7.02. The number of rotatable bonds is 5. The van der Waals surface area contributed by atoms with Crippen molar-refractivity contribution in [3.8, 4) is 0 Å². The minimum atomic E-state index is -1.62. The summed E-state index contributed by atoms with van der Waals surface area (Å²) in [6.07, 6.45) is 0.733. The molecule has 1 fully saturated rings. The number of ketones is 1. The quantitative estimate of drug-likeness (QED) is 0.328. The van der Waals surface area contributed by atoms with Crippen molar-refractivity contribution < 1.29 is 43.0 Å². The number of hydrogen-bond donors (Lipinski definition) is 0. The first-order valence-electron chi connectivity index (χ1n) is 4.17. The van der Waals surface area contributed by atoms with Crippen LogP contribution in [0.4, 0.5) is 0 Å². The standard InChI is InChI=1S/C8H12O5.Li/c9-6(8(10)11)2-1-3-7-12-4-5-13-7;/h7H,1-5H2,(H,10,11);/q;+1/p-1. The second-order valence-corrected chi connectivity index (χ2v) is 2.77. The maximum absolute atomic E-state index is 10.6. The van der Waals surface area contributed by atoms with E-state index in [0.29, 0.717) is 26.1 Å². The van der Waals surface area contributed by atoms with Gasteiger partial charge in [-0.25, -0.2) is 0 Å². The molecule has 5 nitrogen and oxygen atoms in total. The van der Waals surface area contributed by atoms with E-state index in [2.05, 4.69) is 0 Å². The van der Waals surface area contributed by atoms with E-state index in [9.17, 15) is 14.7 Å². The first-order valence-corrected chi connectivity index (χ1v) is 4.17. The fourth-order valence-corrected chi connectivity index (χ4v) is 1.11. The Kier molecular flexibility index (Phi) is 6.84. The van der Waals surface area contributed by atoms with Crippen molar-refractivity contribution in [3.63, 3.8) is 0 Å². The summed E-state index contributed by atoms with van der Waals surface area (Å²) in [6.45, 7) is 1.14. The molecule has 0 unspecified atom stereocenters. The minimum Gasteiger partial charge on any atom is -0.542 e. The number of ether oxygens (including phenoxy) is 2. The number of carbonyl (C=O) groups excluding carboxylic acids is 2. The number of carboxylic acid groups (broad SMARTS) is 1. The molecule has 0 atom stereocenters. The van der Waals surface area contributed by atoms with Crippen molar-refractivity contribution in [2.75, 3.05) is 13.2 Å². The van der Waals surface area contributed by atoms with Gasteiger partial charge in [-0.15, -0.1) is 0 Å². The molecule has 0 radical (unpaired) electrons. The summed E-state index contributed by atoms with van der Waals surface area (Å²) in [6, 6.07) is 0. The van der Waals surface area contributed by atoms with Gasteiger partial charge >= 0.3 is 18.9 Å². The Hall–Kier alpha value is -0.343. The zero-order valence-corrected chi connectivity index (χ0v) is 8.15. The molecule has 0 aliphatic carbocycles. The fourth-order valence-electron chi connectivity index (χ4n) is 1.11. The van der Waals surface area contributed by atoms with Crippen LogP contribution < -0.4 is 24.0 Å². The molecule has 74 valence electrons. The monoisotopic (exact) mass is 194 g/mol. The first-order chi connectivity index (χ1) is 6.20. The number of Topliss-reactive ketones (excluding diaryl/α,β-unsaturated/α-hetero) is 1. The van der Waals surface area contributed by atoms with Crippen LogP contribution in [-0.2, 0) is 19.1 Å². The Morgan fingerprint density at radius 3 is 2.36 bits per heavy atom. The summed E-state index contributed by atoms with van der Waals surface area (Å²) in [5.74, 6) is -2.48. The van der Waals surface area contributed by atoms with Gasteiger partial charge in [0.15, 0.2) is 12.1 Å². The molecule has 14 heavy (non-hydrogen) atoms. The van der Waals surface area contributed by atoms with Gasteiger partial charge < -0.3 is 19.4 Å². The maximum Gasteiger partial charge on any atom is 1.00 e. The van der Waals surface area contributed by atoms with E-state index in [1.54, 1.807) is 0 Å². The molecular formula is C8H11LiO5. The van der Waals surface area contributed by atoms with Crippen LogP contribution in [0, 0.1) is 0 Å². The number of carbonyl (C=O) groups is 2. The largest absolute Gasteiger partial charge is 1.00 e. The Morgan fingerprint density at radius 1 is 1.29 bits per heavy atom. The molecule has 1 saturated heterocycles. The molecule has 0 aromatic heterocycles. The van der Waals surface area contributed by atoms with E-state index in [4.69, 9.17) is 9.47 Å². The molecule has 1 heterocycles. The molecule has 1 aliphatic heterocycles. The predicted molar refractivity (Wildman–Crippen MR) is 39.6 cm³/mol. The summed E-state index contributed by atoms with van der Waals surface area (Å²) < 4.78 is 10.2. The topological polar surface area (TPSA) is 75.7 Å². The molecule has 6 heteroatoms. The van der Waals surface area contributed by atoms with Crippen LogP contribution in [0.3, 0.4) is 0 Å². The number of carboxylic acids is 1. The molecule has 0 aromatic rings. The van der Waals surface area contributed by atoms with Gasteiger partial charge in [0.25, 0.3) is 0 Å². The fraction of sp³-hybridized carbons (Fsp3) is 0.750.